The molecule has 0 aliphatic rings. The molecule has 6 nitrogen and oxygen atoms in total. The SMILES string of the molecule is CC(C)CCNC(=O)CCCCCn1nnc2ccccc2c1=O. The summed E-state index contributed by atoms with van der Waals surface area (Å²) in [6.45, 7) is 5.57. The summed E-state index contributed by atoms with van der Waals surface area (Å²) >= 11 is 0. The largest absolute Gasteiger partial charge is 0.356 e. The lowest BCUT2D eigenvalue weighted by Crippen LogP contribution is -2.25. The van der Waals surface area contributed by atoms with E-state index in [-0.39, 0.29) is 11.5 Å². The minimum atomic E-state index is -0.105. The molecule has 2 aromatic rings. The Labute approximate surface area is 142 Å². The molecule has 1 aromatic heterocycles. The minimum absolute atomic E-state index is 0.105. The summed E-state index contributed by atoms with van der Waals surface area (Å²) in [6, 6.07) is 7.22. The van der Waals surface area contributed by atoms with E-state index in [1.807, 2.05) is 12.1 Å². The van der Waals surface area contributed by atoms with E-state index in [2.05, 4.69) is 29.5 Å². The van der Waals surface area contributed by atoms with Crippen LogP contribution in [0, 0.1) is 5.92 Å². The maximum absolute atomic E-state index is 12.3. The van der Waals surface area contributed by atoms with E-state index >= 15 is 0 Å². The van der Waals surface area contributed by atoms with Crippen molar-refractivity contribution < 1.29 is 4.79 Å². The number of carbonyl (C=O) groups is 1. The molecule has 1 heterocycles. The first-order valence-electron chi connectivity index (χ1n) is 8.67. The maximum Gasteiger partial charge on any atom is 0.277 e. The average molecular weight is 330 g/mol. The lowest BCUT2D eigenvalue weighted by molar-refractivity contribution is -0.121. The summed E-state index contributed by atoms with van der Waals surface area (Å²) in [6.07, 6.45) is 4.07. The number of nitrogens with one attached hydrogen (secondary N) is 1. The zero-order valence-electron chi connectivity index (χ0n) is 14.5. The molecule has 0 aliphatic heterocycles. The predicted octanol–water partition coefficient (Wildman–Crippen LogP) is 2.51. The van der Waals surface area contributed by atoms with Gasteiger partial charge in [0.15, 0.2) is 0 Å². The Morgan fingerprint density at radius 1 is 1.21 bits per heavy atom. The smallest absolute Gasteiger partial charge is 0.277 e. The highest BCUT2D eigenvalue weighted by Crippen LogP contribution is 2.05. The molecule has 0 radical (unpaired) electrons. The van der Waals surface area contributed by atoms with E-state index < -0.39 is 0 Å². The van der Waals surface area contributed by atoms with Gasteiger partial charge in [-0.2, -0.15) is 0 Å². The predicted molar refractivity (Wildman–Crippen MR) is 94.7 cm³/mol. The molecule has 0 fully saturated rings. The molecule has 6 heteroatoms. The molecule has 0 bridgehead atoms. The van der Waals surface area contributed by atoms with Crippen LogP contribution < -0.4 is 10.9 Å². The van der Waals surface area contributed by atoms with E-state index in [0.29, 0.717) is 29.8 Å². The van der Waals surface area contributed by atoms with Gasteiger partial charge in [-0.15, -0.1) is 5.10 Å². The van der Waals surface area contributed by atoms with Crippen molar-refractivity contribution in [2.24, 2.45) is 5.92 Å². The van der Waals surface area contributed by atoms with Gasteiger partial charge in [-0.25, -0.2) is 4.68 Å². The molecular formula is C18H26N4O2. The lowest BCUT2D eigenvalue weighted by Gasteiger charge is -2.07. The highest BCUT2D eigenvalue weighted by molar-refractivity contribution is 5.76. The Morgan fingerprint density at radius 3 is 2.79 bits per heavy atom. The van der Waals surface area contributed by atoms with Gasteiger partial charge in [0.25, 0.3) is 5.56 Å². The van der Waals surface area contributed by atoms with Gasteiger partial charge in [-0.3, -0.25) is 9.59 Å². The van der Waals surface area contributed by atoms with Crippen molar-refractivity contribution >= 4 is 16.8 Å². The normalized spacial score (nSPS) is 11.1. The van der Waals surface area contributed by atoms with Crippen molar-refractivity contribution in [2.45, 2.75) is 52.5 Å². The third-order valence-corrected chi connectivity index (χ3v) is 3.95. The van der Waals surface area contributed by atoms with Gasteiger partial charge in [0, 0.05) is 19.5 Å². The maximum atomic E-state index is 12.3. The molecule has 0 spiro atoms. The molecule has 1 N–H and O–H groups in total. The van der Waals surface area contributed by atoms with Crippen molar-refractivity contribution in [1.29, 1.82) is 0 Å². The van der Waals surface area contributed by atoms with E-state index in [1.165, 1.54) is 4.68 Å². The van der Waals surface area contributed by atoms with Gasteiger partial charge in [0.05, 0.1) is 5.39 Å². The number of hydrogen-bond acceptors (Lipinski definition) is 4. The Bertz CT molecular complexity index is 724. The molecule has 24 heavy (non-hydrogen) atoms. The number of aryl methyl sites for hydroxylation is 1. The fourth-order valence-corrected chi connectivity index (χ4v) is 2.48. The fraction of sp³-hybridized carbons (Fsp3) is 0.556. The van der Waals surface area contributed by atoms with Crippen molar-refractivity contribution in [3.05, 3.63) is 34.6 Å². The van der Waals surface area contributed by atoms with Crippen LogP contribution in [0.15, 0.2) is 29.1 Å². The molecule has 0 atom stereocenters. The number of unbranched alkanes of at least 4 members (excludes halogenated alkanes) is 2. The quantitative estimate of drug-likeness (QED) is 0.717. The Balaban J connectivity index is 1.70. The Hall–Kier alpha value is -2.24. The summed E-state index contributed by atoms with van der Waals surface area (Å²) in [5.41, 5.74) is 0.517. The molecule has 130 valence electrons. The monoisotopic (exact) mass is 330 g/mol. The van der Waals surface area contributed by atoms with E-state index in [4.69, 9.17) is 0 Å². The van der Waals surface area contributed by atoms with Crippen molar-refractivity contribution in [1.82, 2.24) is 20.3 Å². The average Bonchev–Trinajstić information content (AvgIpc) is 2.56. The van der Waals surface area contributed by atoms with Crippen LogP contribution in [0.2, 0.25) is 0 Å². The second-order valence-corrected chi connectivity index (χ2v) is 6.48. The topological polar surface area (TPSA) is 76.9 Å². The summed E-state index contributed by atoms with van der Waals surface area (Å²) in [5.74, 6) is 0.713. The van der Waals surface area contributed by atoms with Crippen LogP contribution in [-0.4, -0.2) is 27.4 Å². The van der Waals surface area contributed by atoms with Crippen molar-refractivity contribution in [3.63, 3.8) is 0 Å². The van der Waals surface area contributed by atoms with Crippen molar-refractivity contribution in [2.75, 3.05) is 6.54 Å². The van der Waals surface area contributed by atoms with Gasteiger partial charge < -0.3 is 5.32 Å². The van der Waals surface area contributed by atoms with E-state index in [9.17, 15) is 9.59 Å². The summed E-state index contributed by atoms with van der Waals surface area (Å²) in [4.78, 5) is 23.9. The van der Waals surface area contributed by atoms with Gasteiger partial charge in [0.1, 0.15) is 5.52 Å². The number of fused-ring (bicyclic) bond motifs is 1. The van der Waals surface area contributed by atoms with E-state index in [1.54, 1.807) is 12.1 Å². The molecule has 0 unspecified atom stereocenters. The Morgan fingerprint density at radius 2 is 2.00 bits per heavy atom. The molecule has 1 aromatic carbocycles. The summed E-state index contributed by atoms with van der Waals surface area (Å²) in [7, 11) is 0. The first kappa shape index (κ1) is 18.1. The van der Waals surface area contributed by atoms with Crippen LogP contribution >= 0.6 is 0 Å². The number of benzene rings is 1. The zero-order valence-corrected chi connectivity index (χ0v) is 14.5. The van der Waals surface area contributed by atoms with Gasteiger partial charge >= 0.3 is 0 Å². The standard InChI is InChI=1S/C18H26N4O2/c1-14(2)11-12-19-17(23)10-4-3-7-13-22-18(24)15-8-5-6-9-16(15)20-21-22/h5-6,8-9,14H,3-4,7,10-13H2,1-2H3,(H,19,23). The first-order chi connectivity index (χ1) is 11.6. The van der Waals surface area contributed by atoms with Crippen LogP contribution in [0.5, 0.6) is 0 Å². The third-order valence-electron chi connectivity index (χ3n) is 3.95. The third kappa shape index (κ3) is 5.44. The fourth-order valence-electron chi connectivity index (χ4n) is 2.48. The van der Waals surface area contributed by atoms with Gasteiger partial charge in [-0.1, -0.05) is 37.6 Å². The number of hydrogen-bond donors (Lipinski definition) is 1. The molecule has 0 aliphatic carbocycles. The highest BCUT2D eigenvalue weighted by Gasteiger charge is 2.05. The second kappa shape index (κ2) is 9.15. The molecule has 1 amide bonds. The van der Waals surface area contributed by atoms with Crippen LogP contribution in [0.4, 0.5) is 0 Å². The van der Waals surface area contributed by atoms with Crippen LogP contribution in [0.25, 0.3) is 10.9 Å². The first-order valence-corrected chi connectivity index (χ1v) is 8.67. The van der Waals surface area contributed by atoms with Crippen LogP contribution in [0.3, 0.4) is 0 Å². The zero-order chi connectivity index (χ0) is 17.4. The van der Waals surface area contributed by atoms with Crippen molar-refractivity contribution in [3.8, 4) is 0 Å². The second-order valence-electron chi connectivity index (χ2n) is 6.48. The molecule has 0 saturated carbocycles. The molecule has 0 saturated heterocycles. The number of aromatic nitrogens is 3. The minimum Gasteiger partial charge on any atom is -0.356 e. The number of amides is 1. The van der Waals surface area contributed by atoms with Gasteiger partial charge in [0.2, 0.25) is 5.91 Å². The summed E-state index contributed by atoms with van der Waals surface area (Å²) < 4.78 is 1.41. The van der Waals surface area contributed by atoms with Crippen LogP contribution in [0.1, 0.15) is 46.0 Å². The van der Waals surface area contributed by atoms with E-state index in [0.717, 1.165) is 32.2 Å². The lowest BCUT2D eigenvalue weighted by atomic mass is 10.1. The highest BCUT2D eigenvalue weighted by atomic mass is 16.1. The molecular weight excluding hydrogens is 304 g/mol. The number of nitrogens with zero attached hydrogens (tertiary/aromatic N) is 3. The van der Waals surface area contributed by atoms with Crippen LogP contribution in [-0.2, 0) is 11.3 Å². The Kier molecular flexibility index (Phi) is 6.90. The van der Waals surface area contributed by atoms with Gasteiger partial charge in [-0.05, 0) is 37.3 Å². The summed E-state index contributed by atoms with van der Waals surface area (Å²) in [5, 5.41) is 11.6. The molecule has 2 rings (SSSR count). The number of rotatable bonds is 9. The number of carbonyl (C=O) groups excluding carboxylic acids is 1.